The Hall–Kier alpha value is -2.54. The van der Waals surface area contributed by atoms with Gasteiger partial charge in [-0.2, -0.15) is 10.2 Å². The molecule has 0 radical (unpaired) electrons. The van der Waals surface area contributed by atoms with Crippen LogP contribution >= 0.6 is 0 Å². The quantitative estimate of drug-likeness (QED) is 0.844. The van der Waals surface area contributed by atoms with Crippen LogP contribution in [0.15, 0.2) is 42.7 Å². The van der Waals surface area contributed by atoms with E-state index >= 15 is 0 Å². The minimum Gasteiger partial charge on any atom is -0.488 e. The summed E-state index contributed by atoms with van der Waals surface area (Å²) in [5.41, 5.74) is 0.160. The van der Waals surface area contributed by atoms with Crippen molar-refractivity contribution >= 4 is 5.91 Å². The van der Waals surface area contributed by atoms with Gasteiger partial charge in [-0.05, 0) is 43.2 Å². The molecule has 2 atom stereocenters. The Bertz CT molecular complexity index is 771. The molecule has 136 valence electrons. The average Bonchev–Trinajstić information content (AvgIpc) is 3.05. The summed E-state index contributed by atoms with van der Waals surface area (Å²) in [6.07, 6.45) is 5.40. The first-order valence-corrected chi connectivity index (χ1v) is 8.76. The number of halogens is 1. The number of benzene rings is 1. The van der Waals surface area contributed by atoms with Gasteiger partial charge in [0.2, 0.25) is 0 Å². The lowest BCUT2D eigenvalue weighted by Gasteiger charge is -2.39. The maximum absolute atomic E-state index is 13.0. The van der Waals surface area contributed by atoms with Gasteiger partial charge in [0.25, 0.3) is 5.91 Å². The lowest BCUT2D eigenvalue weighted by atomic mass is 9.89. The lowest BCUT2D eigenvalue weighted by molar-refractivity contribution is -0.0453. The third-order valence-corrected chi connectivity index (χ3v) is 4.95. The van der Waals surface area contributed by atoms with E-state index in [1.54, 1.807) is 18.2 Å². The van der Waals surface area contributed by atoms with E-state index in [1.807, 2.05) is 4.90 Å². The zero-order chi connectivity index (χ0) is 18.0. The van der Waals surface area contributed by atoms with Gasteiger partial charge < -0.3 is 14.4 Å². The maximum Gasteiger partial charge on any atom is 0.255 e. The van der Waals surface area contributed by atoms with Crippen LogP contribution < -0.4 is 4.74 Å². The molecule has 6 nitrogen and oxygen atoms in total. The summed E-state index contributed by atoms with van der Waals surface area (Å²) in [6.45, 7) is 1.71. The van der Waals surface area contributed by atoms with Gasteiger partial charge in [0, 0.05) is 13.0 Å². The van der Waals surface area contributed by atoms with Crippen molar-refractivity contribution in [3.05, 3.63) is 54.1 Å². The number of carbonyl (C=O) groups is 1. The predicted molar refractivity (Wildman–Crippen MR) is 91.3 cm³/mol. The van der Waals surface area contributed by atoms with Crippen molar-refractivity contribution in [3.63, 3.8) is 0 Å². The van der Waals surface area contributed by atoms with Crippen LogP contribution in [0.2, 0.25) is 0 Å². The molecule has 26 heavy (non-hydrogen) atoms. The molecule has 2 aliphatic heterocycles. The second-order valence-electron chi connectivity index (χ2n) is 6.85. The molecular weight excluding hydrogens is 337 g/mol. The van der Waals surface area contributed by atoms with Gasteiger partial charge in [-0.25, -0.2) is 4.39 Å². The number of carbonyl (C=O) groups excluding carboxylic acids is 1. The molecule has 2 aliphatic rings. The van der Waals surface area contributed by atoms with E-state index < -0.39 is 0 Å². The highest BCUT2D eigenvalue weighted by Gasteiger charge is 2.45. The first-order chi connectivity index (χ1) is 12.6. The maximum atomic E-state index is 13.0. The van der Waals surface area contributed by atoms with Crippen molar-refractivity contribution in [2.24, 2.45) is 0 Å². The van der Waals surface area contributed by atoms with E-state index in [4.69, 9.17) is 9.47 Å². The highest BCUT2D eigenvalue weighted by molar-refractivity contribution is 5.93. The molecule has 1 aromatic heterocycles. The first-order valence-electron chi connectivity index (χ1n) is 8.76. The lowest BCUT2D eigenvalue weighted by Crippen LogP contribution is -2.50. The van der Waals surface area contributed by atoms with Crippen LogP contribution in [0.3, 0.4) is 0 Å². The summed E-state index contributed by atoms with van der Waals surface area (Å²) < 4.78 is 25.0. The number of amides is 1. The topological polar surface area (TPSA) is 64.6 Å². The van der Waals surface area contributed by atoms with E-state index in [0.29, 0.717) is 37.4 Å². The fourth-order valence-corrected chi connectivity index (χ4v) is 3.74. The van der Waals surface area contributed by atoms with Crippen LogP contribution in [0.4, 0.5) is 4.39 Å². The summed E-state index contributed by atoms with van der Waals surface area (Å²) in [6, 6.07) is 7.67. The molecule has 3 heterocycles. The minimum absolute atomic E-state index is 0.0505. The number of rotatable bonds is 3. The van der Waals surface area contributed by atoms with Crippen LogP contribution in [-0.2, 0) is 4.74 Å². The molecule has 1 aromatic carbocycles. The minimum atomic E-state index is -0.376. The molecule has 0 unspecified atom stereocenters. The van der Waals surface area contributed by atoms with Crippen molar-refractivity contribution in [2.75, 3.05) is 19.7 Å². The Labute approximate surface area is 150 Å². The number of hydrogen-bond donors (Lipinski definition) is 0. The molecule has 1 spiro atoms. The highest BCUT2D eigenvalue weighted by Crippen LogP contribution is 2.36. The number of hydrogen-bond acceptors (Lipinski definition) is 5. The molecule has 0 N–H and O–H groups in total. The van der Waals surface area contributed by atoms with Gasteiger partial charge in [0.15, 0.2) is 0 Å². The molecule has 7 heteroatoms. The summed E-state index contributed by atoms with van der Waals surface area (Å²) in [4.78, 5) is 14.5. The Kier molecular flexibility index (Phi) is 4.55. The molecule has 0 aliphatic carbocycles. The van der Waals surface area contributed by atoms with Crippen LogP contribution in [0, 0.1) is 5.82 Å². The molecule has 4 rings (SSSR count). The predicted octanol–water partition coefficient (Wildman–Crippen LogP) is 2.46. The smallest absolute Gasteiger partial charge is 0.255 e. The fraction of sp³-hybridized carbons (Fsp3) is 0.421. The Morgan fingerprint density at radius 2 is 2.12 bits per heavy atom. The van der Waals surface area contributed by atoms with Crippen LogP contribution in [0.1, 0.15) is 29.6 Å². The van der Waals surface area contributed by atoms with E-state index in [2.05, 4.69) is 10.2 Å². The number of nitrogens with zero attached hydrogens (tertiary/aromatic N) is 3. The van der Waals surface area contributed by atoms with Crippen LogP contribution in [-0.4, -0.2) is 52.4 Å². The number of ether oxygens (including phenoxy) is 2. The van der Waals surface area contributed by atoms with Gasteiger partial charge in [0.05, 0.1) is 36.7 Å². The van der Waals surface area contributed by atoms with Crippen LogP contribution in [0.25, 0.3) is 0 Å². The Morgan fingerprint density at radius 3 is 2.88 bits per heavy atom. The average molecular weight is 357 g/mol. The Morgan fingerprint density at radius 1 is 1.27 bits per heavy atom. The van der Waals surface area contributed by atoms with Gasteiger partial charge in [-0.15, -0.1) is 0 Å². The van der Waals surface area contributed by atoms with Crippen molar-refractivity contribution in [1.82, 2.24) is 15.1 Å². The molecule has 2 aromatic rings. The van der Waals surface area contributed by atoms with Crippen molar-refractivity contribution < 1.29 is 18.7 Å². The SMILES string of the molecule is O=C(c1ccnnc1)N1CCC[C@]2(C[C@@H](Oc3ccc(F)cc3)CO2)C1. The molecule has 2 saturated heterocycles. The summed E-state index contributed by atoms with van der Waals surface area (Å²) in [5.74, 6) is 0.289. The standard InChI is InChI=1S/C19H20FN3O3/c20-15-2-4-16(5-3-15)26-17-10-19(25-12-17)7-1-9-23(13-19)18(24)14-6-8-21-22-11-14/h2-6,8,11,17H,1,7,9-10,12-13H2/t17-,19+/m1/s1. The van der Waals surface area contributed by atoms with Gasteiger partial charge >= 0.3 is 0 Å². The summed E-state index contributed by atoms with van der Waals surface area (Å²) in [7, 11) is 0. The first kappa shape index (κ1) is 16.9. The summed E-state index contributed by atoms with van der Waals surface area (Å²) in [5, 5.41) is 7.49. The fourth-order valence-electron chi connectivity index (χ4n) is 3.74. The van der Waals surface area contributed by atoms with Crippen molar-refractivity contribution in [2.45, 2.75) is 31.0 Å². The van der Waals surface area contributed by atoms with Crippen LogP contribution in [0.5, 0.6) is 5.75 Å². The van der Waals surface area contributed by atoms with Gasteiger partial charge in [-0.1, -0.05) is 0 Å². The van der Waals surface area contributed by atoms with Gasteiger partial charge in [0.1, 0.15) is 17.7 Å². The normalized spacial score (nSPS) is 25.4. The van der Waals surface area contributed by atoms with E-state index in [9.17, 15) is 9.18 Å². The van der Waals surface area contributed by atoms with Gasteiger partial charge in [-0.3, -0.25) is 4.79 Å². The molecule has 2 fully saturated rings. The van der Waals surface area contributed by atoms with E-state index in [-0.39, 0.29) is 23.4 Å². The number of likely N-dealkylation sites (tertiary alicyclic amines) is 1. The zero-order valence-corrected chi connectivity index (χ0v) is 14.3. The second kappa shape index (κ2) is 6.99. The third-order valence-electron chi connectivity index (χ3n) is 4.95. The summed E-state index contributed by atoms with van der Waals surface area (Å²) >= 11 is 0. The molecule has 1 amide bonds. The zero-order valence-electron chi connectivity index (χ0n) is 14.3. The second-order valence-corrected chi connectivity index (χ2v) is 6.85. The monoisotopic (exact) mass is 357 g/mol. The third kappa shape index (κ3) is 3.53. The highest BCUT2D eigenvalue weighted by atomic mass is 19.1. The number of aromatic nitrogens is 2. The Balaban J connectivity index is 1.41. The van der Waals surface area contributed by atoms with E-state index in [1.165, 1.54) is 24.5 Å². The molecule has 0 bridgehead atoms. The largest absolute Gasteiger partial charge is 0.488 e. The molecule has 0 saturated carbocycles. The van der Waals surface area contributed by atoms with Crippen molar-refractivity contribution in [1.29, 1.82) is 0 Å². The van der Waals surface area contributed by atoms with E-state index in [0.717, 1.165) is 12.8 Å². The number of piperidine rings is 1. The molecular formula is C19H20FN3O3. The van der Waals surface area contributed by atoms with Crippen molar-refractivity contribution in [3.8, 4) is 5.75 Å².